The average Bonchev–Trinajstić information content (AvgIpc) is 3.97. The van der Waals surface area contributed by atoms with Crippen LogP contribution in [0.2, 0.25) is 0 Å². The van der Waals surface area contributed by atoms with Crippen LogP contribution < -0.4 is 24.8 Å². The summed E-state index contributed by atoms with van der Waals surface area (Å²) in [6.45, 7) is 13.9. The third kappa shape index (κ3) is 11.6. The first-order chi connectivity index (χ1) is 25.0. The fourth-order valence-electron chi connectivity index (χ4n) is 8.61. The molecular weight excluding hydrogens is 775 g/mol. The van der Waals surface area contributed by atoms with Crippen molar-refractivity contribution in [3.63, 3.8) is 0 Å². The molecular formula is C51H60Cl2Zr-2. The second kappa shape index (κ2) is 20.1. The minimum absolute atomic E-state index is 0. The van der Waals surface area contributed by atoms with Crippen molar-refractivity contribution in [3.8, 4) is 22.3 Å². The van der Waals surface area contributed by atoms with E-state index in [4.69, 9.17) is 0 Å². The zero-order valence-corrected chi connectivity index (χ0v) is 37.6. The second-order valence-electron chi connectivity index (χ2n) is 17.7. The first-order valence-electron chi connectivity index (χ1n) is 20.1. The molecule has 0 spiro atoms. The Morgan fingerprint density at radius 2 is 1.04 bits per heavy atom. The standard InChI is InChI=1S/C33H33.C13H22.C5H5.2ClH.Zr/c1-32(2,3)30-20-26-24(18-28(30)22-13-9-7-10-14-22)17-25-19-29(23-15-11-8-12-16-23)31(21-27(25)26)33(4,5)6;1-2-7-12(6-1)10-5-11-13-8-3-4-9-13;1-2-4-5-3-1;;;/h7-21H,1-6H3;12-13H,1-4,6-11H2;1-3H,4H2;2*1H;/q-1;;-1;;;+2/p-2. The number of allylic oxidation sites excluding steroid dienone is 4. The van der Waals surface area contributed by atoms with E-state index < -0.39 is 0 Å². The molecule has 8 rings (SSSR count). The Morgan fingerprint density at radius 3 is 1.35 bits per heavy atom. The van der Waals surface area contributed by atoms with E-state index in [1.807, 2.05) is 15.4 Å². The van der Waals surface area contributed by atoms with Gasteiger partial charge in [-0.3, -0.25) is 6.08 Å². The Kier molecular flexibility index (Phi) is 16.5. The summed E-state index contributed by atoms with van der Waals surface area (Å²) < 4.78 is 1.90. The first-order valence-corrected chi connectivity index (χ1v) is 21.3. The second-order valence-corrected chi connectivity index (χ2v) is 19.4. The van der Waals surface area contributed by atoms with Gasteiger partial charge in [0.05, 0.1) is 0 Å². The zero-order valence-electron chi connectivity index (χ0n) is 33.6. The van der Waals surface area contributed by atoms with Crippen molar-refractivity contribution in [2.45, 2.75) is 123 Å². The molecule has 0 amide bonds. The minimum atomic E-state index is 0. The number of rotatable bonds is 6. The molecule has 2 fully saturated rings. The molecule has 0 aromatic heterocycles. The summed E-state index contributed by atoms with van der Waals surface area (Å²) in [5.41, 5.74) is 8.16. The van der Waals surface area contributed by atoms with Crippen molar-refractivity contribution in [2.75, 3.05) is 0 Å². The van der Waals surface area contributed by atoms with Gasteiger partial charge in [-0.15, -0.1) is 46.2 Å². The molecule has 5 aromatic rings. The van der Waals surface area contributed by atoms with Crippen molar-refractivity contribution in [2.24, 2.45) is 11.8 Å². The molecule has 0 bridgehead atoms. The Balaban J connectivity index is 0.000000255. The Bertz CT molecular complexity index is 1850. The van der Waals surface area contributed by atoms with Gasteiger partial charge in [0, 0.05) is 0 Å². The molecule has 0 heterocycles. The van der Waals surface area contributed by atoms with E-state index in [2.05, 4.69) is 145 Å². The van der Waals surface area contributed by atoms with Gasteiger partial charge in [0.25, 0.3) is 0 Å². The van der Waals surface area contributed by atoms with Crippen LogP contribution in [0.3, 0.4) is 0 Å². The summed E-state index contributed by atoms with van der Waals surface area (Å²) in [5, 5.41) is 5.36. The van der Waals surface area contributed by atoms with Crippen molar-refractivity contribution in [1.82, 2.24) is 0 Å². The van der Waals surface area contributed by atoms with E-state index in [1.165, 1.54) is 119 Å². The van der Waals surface area contributed by atoms with Crippen LogP contribution in [0.1, 0.15) is 123 Å². The molecule has 0 aliphatic heterocycles. The van der Waals surface area contributed by atoms with Crippen LogP contribution in [0, 0.1) is 17.9 Å². The topological polar surface area (TPSA) is 0 Å². The zero-order chi connectivity index (χ0) is 36.7. The Morgan fingerprint density at radius 1 is 0.630 bits per heavy atom. The number of hydrogen-bond acceptors (Lipinski definition) is 0. The summed E-state index contributed by atoms with van der Waals surface area (Å²) >= 11 is 1.74. The summed E-state index contributed by atoms with van der Waals surface area (Å²) in [6.07, 6.45) is 25.2. The van der Waals surface area contributed by atoms with Crippen LogP contribution in [-0.2, 0) is 35.1 Å². The van der Waals surface area contributed by atoms with Gasteiger partial charge in [-0.1, -0.05) is 114 Å². The fraction of sp³-hybridized carbons (Fsp3) is 0.412. The van der Waals surface area contributed by atoms with Gasteiger partial charge in [0.2, 0.25) is 0 Å². The molecule has 284 valence electrons. The molecule has 0 N–H and O–H groups in total. The number of benzene rings is 4. The molecule has 0 radical (unpaired) electrons. The predicted molar refractivity (Wildman–Crippen MR) is 225 cm³/mol. The molecule has 54 heavy (non-hydrogen) atoms. The fourth-order valence-corrected chi connectivity index (χ4v) is 10.0. The van der Waals surface area contributed by atoms with Crippen LogP contribution >= 0.6 is 0 Å². The van der Waals surface area contributed by atoms with Crippen LogP contribution in [0.25, 0.3) is 43.8 Å². The van der Waals surface area contributed by atoms with Crippen LogP contribution in [-0.4, -0.2) is 3.21 Å². The molecule has 5 aromatic carbocycles. The summed E-state index contributed by atoms with van der Waals surface area (Å²) in [7, 11) is 0. The van der Waals surface area contributed by atoms with Gasteiger partial charge in [0.1, 0.15) is 0 Å². The van der Waals surface area contributed by atoms with E-state index in [0.29, 0.717) is 0 Å². The molecule has 0 nitrogen and oxygen atoms in total. The summed E-state index contributed by atoms with van der Waals surface area (Å²) in [4.78, 5) is 0. The van der Waals surface area contributed by atoms with Crippen LogP contribution in [0.4, 0.5) is 0 Å². The molecule has 3 heteroatoms. The van der Waals surface area contributed by atoms with Gasteiger partial charge >= 0.3 is 103 Å². The molecule has 3 aliphatic carbocycles. The first kappa shape index (κ1) is 44.3. The third-order valence-corrected chi connectivity index (χ3v) is 12.4. The van der Waals surface area contributed by atoms with E-state index >= 15 is 0 Å². The quantitative estimate of drug-likeness (QED) is 0.150. The van der Waals surface area contributed by atoms with Crippen molar-refractivity contribution < 1.29 is 49.0 Å². The van der Waals surface area contributed by atoms with Crippen molar-refractivity contribution in [3.05, 3.63) is 126 Å². The normalized spacial score (nSPS) is 15.7. The average molecular weight is 835 g/mol. The van der Waals surface area contributed by atoms with E-state index in [-0.39, 0.29) is 35.6 Å². The van der Waals surface area contributed by atoms with Gasteiger partial charge in [-0.2, -0.15) is 6.08 Å². The van der Waals surface area contributed by atoms with Gasteiger partial charge < -0.3 is 24.8 Å². The van der Waals surface area contributed by atoms with E-state index in [9.17, 15) is 0 Å². The third-order valence-electron chi connectivity index (χ3n) is 11.4. The van der Waals surface area contributed by atoms with Gasteiger partial charge in [-0.05, 0) is 44.2 Å². The monoisotopic (exact) mass is 832 g/mol. The summed E-state index contributed by atoms with van der Waals surface area (Å²) in [5.74, 6) is 2.18. The SMILES string of the molecule is CC(C)(C)c1cc2c(cc1-c1ccccc1)[cH-]c1cc(-c3ccccc3)c(C(C)(C)C)cc12.[C-]1=CC=CC1.[Cl-].[Cl-].[Zr+2]=[C](CC1CCCC1)CC1CCCC1. The molecule has 2 saturated carbocycles. The van der Waals surface area contributed by atoms with Gasteiger partial charge in [-0.25, -0.2) is 12.2 Å². The molecule has 3 aliphatic rings. The van der Waals surface area contributed by atoms with E-state index in [0.717, 1.165) is 18.3 Å². The molecule has 0 atom stereocenters. The van der Waals surface area contributed by atoms with Crippen LogP contribution in [0.5, 0.6) is 0 Å². The molecule has 0 saturated heterocycles. The number of fused-ring (bicyclic) bond motifs is 3. The maximum absolute atomic E-state index is 2.99. The van der Waals surface area contributed by atoms with Crippen molar-refractivity contribution >= 4 is 24.8 Å². The molecule has 0 unspecified atom stereocenters. The summed E-state index contributed by atoms with van der Waals surface area (Å²) in [6, 6.07) is 33.7. The Hall–Kier alpha value is -2.44. The van der Waals surface area contributed by atoms with Crippen LogP contribution in [0.15, 0.2) is 109 Å². The van der Waals surface area contributed by atoms with Gasteiger partial charge in [0.15, 0.2) is 0 Å². The predicted octanol–water partition coefficient (Wildman–Crippen LogP) is 8.82. The van der Waals surface area contributed by atoms with E-state index in [1.54, 1.807) is 24.2 Å². The maximum atomic E-state index is 2.99. The number of hydrogen-bond donors (Lipinski definition) is 0. The number of halogens is 2. The van der Waals surface area contributed by atoms with Crippen molar-refractivity contribution in [1.29, 1.82) is 0 Å². The Labute approximate surface area is 354 Å².